The summed E-state index contributed by atoms with van der Waals surface area (Å²) in [6.45, 7) is 0.160. The molecule has 18 heteroatoms. The first-order chi connectivity index (χ1) is 17.2. The van der Waals surface area contributed by atoms with Gasteiger partial charge >= 0.3 is 5.97 Å². The normalized spacial score (nSPS) is 19.8. The Kier molecular flexibility index (Phi) is 5.85. The molecule has 2 aliphatic heterocycles. The second kappa shape index (κ2) is 8.88. The number of hydrogen-bond acceptors (Lipinski definition) is 12. The summed E-state index contributed by atoms with van der Waals surface area (Å²) in [5.74, 6) is -3.34. The van der Waals surface area contributed by atoms with E-state index in [0.29, 0.717) is 11.3 Å². The number of carboxylic acid groups (broad SMARTS) is 1. The summed E-state index contributed by atoms with van der Waals surface area (Å²) in [5.41, 5.74) is 11.0. The van der Waals surface area contributed by atoms with Crippen LogP contribution in [0.3, 0.4) is 0 Å². The molecule has 0 aromatic carbocycles. The Morgan fingerprint density at radius 2 is 2.14 bits per heavy atom. The van der Waals surface area contributed by atoms with Crippen LogP contribution in [0, 0.1) is 0 Å². The van der Waals surface area contributed by atoms with Crippen LogP contribution in [0.2, 0.25) is 0 Å². The van der Waals surface area contributed by atoms with E-state index in [1.54, 1.807) is 26.9 Å². The van der Waals surface area contributed by atoms with Crippen molar-refractivity contribution >= 4 is 74.0 Å². The van der Waals surface area contributed by atoms with Crippen LogP contribution >= 0.6 is 34.6 Å². The third-order valence-corrected chi connectivity index (χ3v) is 8.23. The van der Waals surface area contributed by atoms with Gasteiger partial charge in [-0.15, -0.1) is 11.8 Å². The van der Waals surface area contributed by atoms with Crippen molar-refractivity contribution in [2.45, 2.75) is 18.0 Å². The summed E-state index contributed by atoms with van der Waals surface area (Å²) in [6, 6.07) is -1.04. The highest BCUT2D eigenvalue weighted by atomic mass is 32.2. The number of hydrogen-bond donors (Lipinski definition) is 5. The highest BCUT2D eigenvalue weighted by Crippen LogP contribution is 2.40. The summed E-state index contributed by atoms with van der Waals surface area (Å²) >= 11 is 3.39. The highest BCUT2D eigenvalue weighted by molar-refractivity contribution is 8.00. The first-order valence-corrected chi connectivity index (χ1v) is 12.7. The molecule has 0 bridgehead atoms. The van der Waals surface area contributed by atoms with E-state index in [1.807, 2.05) is 0 Å². The molecule has 2 atom stereocenters. The molecule has 1 saturated heterocycles. The van der Waals surface area contributed by atoms with E-state index < -0.39 is 40.8 Å². The van der Waals surface area contributed by atoms with E-state index in [1.165, 1.54) is 23.1 Å². The number of nitrogens with one attached hydrogen (secondary N) is 1. The molecule has 2 aliphatic rings. The number of aliphatic carboxylic acids is 1. The quantitative estimate of drug-likeness (QED) is 0.0748. The second-order valence-electron chi connectivity index (χ2n) is 7.63. The van der Waals surface area contributed by atoms with Crippen LogP contribution in [0.15, 0.2) is 34.3 Å². The molecule has 0 saturated carbocycles. The van der Waals surface area contributed by atoms with E-state index in [4.69, 9.17) is 11.5 Å². The topological polar surface area (TPSA) is 222 Å². The Hall–Kier alpha value is -4.03. The van der Waals surface area contributed by atoms with Gasteiger partial charge in [0.15, 0.2) is 5.13 Å². The van der Waals surface area contributed by atoms with Crippen molar-refractivity contribution in [3.05, 3.63) is 40.7 Å². The molecule has 186 valence electrons. The molecule has 0 unspecified atom stereocenters. The Morgan fingerprint density at radius 3 is 2.78 bits per heavy atom. The lowest BCUT2D eigenvalue weighted by Gasteiger charge is -2.49. The fourth-order valence-electron chi connectivity index (χ4n) is 3.90. The summed E-state index contributed by atoms with van der Waals surface area (Å²) < 4.78 is 7.13. The number of aromatic nitrogens is 4. The molecule has 0 radical (unpaired) electrons. The fraction of sp³-hybridized carbons (Fsp3) is 0.222. The molecule has 5 rings (SSSR count). The first kappa shape index (κ1) is 23.7. The van der Waals surface area contributed by atoms with Crippen LogP contribution in [0.5, 0.6) is 0 Å². The predicted octanol–water partition coefficient (Wildman–Crippen LogP) is -1.56. The number of nitrogens with two attached hydrogens (primary N) is 2. The third kappa shape index (κ3) is 3.84. The predicted molar refractivity (Wildman–Crippen MR) is 126 cm³/mol. The Morgan fingerprint density at radius 1 is 1.36 bits per heavy atom. The van der Waals surface area contributed by atoms with Crippen LogP contribution in [-0.4, -0.2) is 75.5 Å². The average molecular weight is 551 g/mol. The van der Waals surface area contributed by atoms with Crippen molar-refractivity contribution in [2.75, 3.05) is 11.5 Å². The van der Waals surface area contributed by atoms with Crippen LogP contribution < -0.4 is 21.4 Å². The minimum Gasteiger partial charge on any atom is -0.477 e. The van der Waals surface area contributed by atoms with E-state index in [-0.39, 0.29) is 29.0 Å². The van der Waals surface area contributed by atoms with Gasteiger partial charge in [-0.25, -0.2) is 9.36 Å². The number of β-lactam (4-membered cyclic amide) rings is 1. The van der Waals surface area contributed by atoms with Gasteiger partial charge in [-0.2, -0.15) is 13.8 Å². The molecular weight excluding hydrogens is 534 g/mol. The molecule has 3 amide bonds. The number of anilines is 1. The lowest BCUT2D eigenvalue weighted by molar-refractivity contribution is -0.687. The van der Waals surface area contributed by atoms with Gasteiger partial charge in [-0.3, -0.25) is 19.3 Å². The van der Waals surface area contributed by atoms with Crippen molar-refractivity contribution < 1.29 is 34.1 Å². The van der Waals surface area contributed by atoms with Crippen molar-refractivity contribution in [1.29, 1.82) is 0 Å². The van der Waals surface area contributed by atoms with Gasteiger partial charge in [0, 0.05) is 28.2 Å². The summed E-state index contributed by atoms with van der Waals surface area (Å²) in [5, 5.41) is 25.5. The van der Waals surface area contributed by atoms with Gasteiger partial charge < -0.3 is 27.1 Å². The molecule has 1 fully saturated rings. The number of carbonyl (C=O) groups excluding carboxylic acids is 3. The summed E-state index contributed by atoms with van der Waals surface area (Å²) in [6.07, 6.45) is 3.38. The molecule has 15 nitrogen and oxygen atoms in total. The number of thioether (sulfide) groups is 1. The minimum absolute atomic E-state index is 0.0586. The number of carboxylic acids is 1. The van der Waals surface area contributed by atoms with Crippen molar-refractivity contribution in [1.82, 2.24) is 24.0 Å². The zero-order chi connectivity index (χ0) is 25.7. The molecule has 3 aromatic rings. The number of thiazole rings is 1. The summed E-state index contributed by atoms with van der Waals surface area (Å²) in [7, 11) is 0. The number of nitrogens with zero attached hydrogens (tertiary/aromatic N) is 6. The smallest absolute Gasteiger partial charge is 0.352 e. The highest BCUT2D eigenvalue weighted by Gasteiger charge is 2.54. The van der Waals surface area contributed by atoms with Crippen LogP contribution in [0.25, 0.3) is 4.83 Å². The number of carbonyl (C=O) groups is 4. The van der Waals surface area contributed by atoms with E-state index in [0.717, 1.165) is 21.3 Å². The number of nitrogen functional groups attached to an aromatic ring is 1. The van der Waals surface area contributed by atoms with Gasteiger partial charge in [0.1, 0.15) is 29.9 Å². The number of fused-ring (bicyclic) bond motifs is 2. The average Bonchev–Trinajstić information content (AvgIpc) is 3.53. The molecule has 5 heterocycles. The number of rotatable bonds is 7. The Balaban J connectivity index is 1.36. The van der Waals surface area contributed by atoms with Gasteiger partial charge in [-0.1, -0.05) is 16.5 Å². The number of oxime groups is 1. The molecular formula is C18H16N9O6S3+. The van der Waals surface area contributed by atoms with Crippen LogP contribution in [-0.2, 0) is 20.9 Å². The maximum absolute atomic E-state index is 12.9. The van der Waals surface area contributed by atoms with E-state index >= 15 is 0 Å². The van der Waals surface area contributed by atoms with E-state index in [2.05, 4.69) is 19.8 Å². The van der Waals surface area contributed by atoms with Crippen LogP contribution in [0.1, 0.15) is 16.3 Å². The molecule has 0 aliphatic carbocycles. The van der Waals surface area contributed by atoms with Gasteiger partial charge in [0.25, 0.3) is 24.0 Å². The maximum Gasteiger partial charge on any atom is 0.352 e. The molecule has 0 spiro atoms. The molecule has 36 heavy (non-hydrogen) atoms. The first-order valence-electron chi connectivity index (χ1n) is 10.0. The van der Waals surface area contributed by atoms with E-state index in [9.17, 15) is 29.5 Å². The Bertz CT molecular complexity index is 1500. The van der Waals surface area contributed by atoms with Gasteiger partial charge in [-0.05, 0) is 0 Å². The zero-order valence-corrected chi connectivity index (χ0v) is 20.3. The maximum atomic E-state index is 12.9. The monoisotopic (exact) mass is 550 g/mol. The number of amides is 3. The molecule has 7 N–H and O–H groups in total. The van der Waals surface area contributed by atoms with Crippen molar-refractivity contribution in [2.24, 2.45) is 10.9 Å². The number of primary amides is 1. The standard InChI is InChI=1S/C18H15N9O6S3/c19-12(28)7-4-34-8-2-25(5-26(7)8)1-6-3-35-16-10(15(30)27(16)11(6)17(31)32)21-14(29)9(23-33)13-22-18(20)36-24-13/h2,4-5,10,16H,1,3H2,(H6-,19,20,21,22,24,28,29,31,32,33)/p+1/t10-,16-/m1/s1. The SMILES string of the molecule is NC(=O)c1csc2c[n+](CC3=C(C(=O)O)N4C(=O)[C@@H](NC(=O)/C(=N\O)c5nsc(N)n5)[C@H]4SC3)cn12. The second-order valence-corrected chi connectivity index (χ2v) is 10.4. The zero-order valence-electron chi connectivity index (χ0n) is 17.9. The fourth-order valence-corrected chi connectivity index (χ4v) is 6.59. The largest absolute Gasteiger partial charge is 0.477 e. The lowest BCUT2D eigenvalue weighted by Crippen LogP contribution is -2.71. The Labute approximate surface area is 212 Å². The number of imidazole rings is 1. The third-order valence-electron chi connectivity index (χ3n) is 5.46. The lowest BCUT2D eigenvalue weighted by atomic mass is 10.0. The van der Waals surface area contributed by atoms with Crippen molar-refractivity contribution in [3.63, 3.8) is 0 Å². The molecule has 3 aromatic heterocycles. The minimum atomic E-state index is -1.28. The van der Waals surface area contributed by atoms with Crippen molar-refractivity contribution in [3.8, 4) is 0 Å². The van der Waals surface area contributed by atoms with Gasteiger partial charge in [0.05, 0.1) is 0 Å². The summed E-state index contributed by atoms with van der Waals surface area (Å²) in [4.78, 5) is 54.9. The van der Waals surface area contributed by atoms with Crippen LogP contribution in [0.4, 0.5) is 5.13 Å². The van der Waals surface area contributed by atoms with Gasteiger partial charge in [0.2, 0.25) is 22.1 Å².